The Morgan fingerprint density at radius 2 is 1.82 bits per heavy atom. The average Bonchev–Trinajstić information content (AvgIpc) is 3.12. The maximum absolute atomic E-state index is 12.8. The van der Waals surface area contributed by atoms with Crippen LogP contribution in [0, 0.1) is 5.92 Å². The van der Waals surface area contributed by atoms with Gasteiger partial charge in [-0.05, 0) is 60.1 Å². The third kappa shape index (κ3) is 4.80. The molecule has 1 heterocycles. The van der Waals surface area contributed by atoms with E-state index in [1.807, 2.05) is 20.9 Å². The monoisotopic (exact) mass is 410 g/mol. The fourth-order valence-corrected chi connectivity index (χ4v) is 3.72. The lowest BCUT2D eigenvalue weighted by Crippen LogP contribution is -2.49. The van der Waals surface area contributed by atoms with Gasteiger partial charge in [0.15, 0.2) is 0 Å². The summed E-state index contributed by atoms with van der Waals surface area (Å²) in [5.41, 5.74) is 1.75. The van der Waals surface area contributed by atoms with E-state index in [0.717, 1.165) is 25.7 Å². The van der Waals surface area contributed by atoms with Gasteiger partial charge in [0.1, 0.15) is 17.1 Å². The number of carbonyl (C=O) groups excluding carboxylic acids is 1. The van der Waals surface area contributed by atoms with Crippen molar-refractivity contribution < 1.29 is 19.3 Å². The summed E-state index contributed by atoms with van der Waals surface area (Å²) in [4.78, 5) is 26.0. The highest BCUT2D eigenvalue weighted by molar-refractivity contribution is 5.97. The first-order valence-electron chi connectivity index (χ1n) is 9.35. The number of aliphatic carboxylic acids is 1. The number of carboxylic acids is 1. The van der Waals surface area contributed by atoms with Crippen LogP contribution in [0.2, 0.25) is 0 Å². The molecule has 1 aliphatic rings. The number of rotatable bonds is 6. The molecule has 8 nitrogen and oxygen atoms in total. The van der Waals surface area contributed by atoms with E-state index in [9.17, 15) is 14.7 Å². The van der Waals surface area contributed by atoms with Gasteiger partial charge < -0.3 is 15.3 Å². The molecular formula is C19H27ClN4O4. The van der Waals surface area contributed by atoms with E-state index in [4.69, 9.17) is 0 Å². The lowest BCUT2D eigenvalue weighted by atomic mass is 9.89. The maximum Gasteiger partial charge on any atom is 0.320 e. The third-order valence-electron chi connectivity index (χ3n) is 5.41. The molecule has 0 saturated heterocycles. The number of carbonyl (C=O) groups is 2. The zero-order valence-corrected chi connectivity index (χ0v) is 17.1. The minimum Gasteiger partial charge on any atom is -0.480 e. The van der Waals surface area contributed by atoms with Crippen LogP contribution in [0.4, 0.5) is 0 Å². The fraction of sp³-hybridized carbons (Fsp3) is 0.579. The van der Waals surface area contributed by atoms with Crippen molar-refractivity contribution in [3.63, 3.8) is 0 Å². The summed E-state index contributed by atoms with van der Waals surface area (Å²) < 4.78 is 4.68. The summed E-state index contributed by atoms with van der Waals surface area (Å²) in [6.45, 7) is 3.82. The zero-order valence-electron chi connectivity index (χ0n) is 16.3. The molecule has 3 rings (SSSR count). The Hall–Kier alpha value is -2.19. The van der Waals surface area contributed by atoms with Crippen LogP contribution in [-0.4, -0.2) is 57.4 Å². The molecule has 1 atom stereocenters. The van der Waals surface area contributed by atoms with Crippen molar-refractivity contribution in [2.24, 2.45) is 5.92 Å². The average molecular weight is 411 g/mol. The summed E-state index contributed by atoms with van der Waals surface area (Å²) in [6, 6.07) is 4.94. The predicted molar refractivity (Wildman–Crippen MR) is 107 cm³/mol. The molecule has 0 bridgehead atoms. The van der Waals surface area contributed by atoms with Crippen LogP contribution < -0.4 is 5.32 Å². The molecule has 1 aliphatic carbocycles. The molecule has 28 heavy (non-hydrogen) atoms. The van der Waals surface area contributed by atoms with Gasteiger partial charge in [-0.25, -0.2) is 4.63 Å². The quantitative estimate of drug-likeness (QED) is 0.753. The Bertz CT molecular complexity index is 817. The molecule has 0 radical (unpaired) electrons. The molecule has 1 aromatic heterocycles. The van der Waals surface area contributed by atoms with Gasteiger partial charge >= 0.3 is 5.97 Å². The molecule has 2 N–H and O–H groups in total. The number of hydrogen-bond acceptors (Lipinski definition) is 6. The van der Waals surface area contributed by atoms with Crippen LogP contribution in [0.15, 0.2) is 22.8 Å². The highest BCUT2D eigenvalue weighted by Gasteiger charge is 2.30. The van der Waals surface area contributed by atoms with Gasteiger partial charge in [-0.15, -0.1) is 12.4 Å². The van der Waals surface area contributed by atoms with Crippen molar-refractivity contribution in [1.82, 2.24) is 20.5 Å². The van der Waals surface area contributed by atoms with Crippen molar-refractivity contribution in [1.29, 1.82) is 0 Å². The second-order valence-corrected chi connectivity index (χ2v) is 7.62. The molecule has 1 saturated carbocycles. The highest BCUT2D eigenvalue weighted by Crippen LogP contribution is 2.25. The van der Waals surface area contributed by atoms with Crippen LogP contribution in [-0.2, 0) is 4.79 Å². The van der Waals surface area contributed by atoms with Crippen LogP contribution in [0.5, 0.6) is 0 Å². The Balaban J connectivity index is 0.00000280. The van der Waals surface area contributed by atoms with Crippen molar-refractivity contribution in [3.05, 3.63) is 23.8 Å². The van der Waals surface area contributed by atoms with Crippen LogP contribution in [0.3, 0.4) is 0 Å². The predicted octanol–water partition coefficient (Wildman–Crippen LogP) is 2.73. The zero-order chi connectivity index (χ0) is 19.6. The van der Waals surface area contributed by atoms with Gasteiger partial charge in [0, 0.05) is 24.7 Å². The number of halogens is 1. The molecular weight excluding hydrogens is 384 g/mol. The van der Waals surface area contributed by atoms with Gasteiger partial charge in [0.2, 0.25) is 0 Å². The first-order chi connectivity index (χ1) is 12.9. The topological polar surface area (TPSA) is 109 Å². The van der Waals surface area contributed by atoms with E-state index in [0.29, 0.717) is 16.6 Å². The van der Waals surface area contributed by atoms with Crippen LogP contribution >= 0.6 is 12.4 Å². The highest BCUT2D eigenvalue weighted by atomic mass is 35.5. The third-order valence-corrected chi connectivity index (χ3v) is 5.41. The lowest BCUT2D eigenvalue weighted by Gasteiger charge is -2.36. The molecule has 0 spiro atoms. The smallest absolute Gasteiger partial charge is 0.320 e. The summed E-state index contributed by atoms with van der Waals surface area (Å²) in [6.07, 6.45) is 3.40. The number of amides is 1. The molecule has 1 amide bonds. The number of nitrogens with one attached hydrogen (secondary N) is 1. The van der Waals surface area contributed by atoms with E-state index in [2.05, 4.69) is 20.3 Å². The normalized spacial score (nSPS) is 20.6. The van der Waals surface area contributed by atoms with Crippen molar-refractivity contribution in [3.8, 4) is 0 Å². The Morgan fingerprint density at radius 3 is 2.43 bits per heavy atom. The molecule has 9 heteroatoms. The second kappa shape index (κ2) is 9.34. The second-order valence-electron chi connectivity index (χ2n) is 7.62. The maximum atomic E-state index is 12.8. The Labute approximate surface area is 170 Å². The van der Waals surface area contributed by atoms with Gasteiger partial charge in [-0.3, -0.25) is 9.59 Å². The van der Waals surface area contributed by atoms with Crippen molar-refractivity contribution in [2.45, 2.75) is 57.7 Å². The summed E-state index contributed by atoms with van der Waals surface area (Å²) in [5.74, 6) is -0.829. The number of carboxylic acid groups (broad SMARTS) is 1. The fourth-order valence-electron chi connectivity index (χ4n) is 3.72. The molecule has 1 unspecified atom stereocenters. The number of aromatic nitrogens is 2. The van der Waals surface area contributed by atoms with Gasteiger partial charge in [0.25, 0.3) is 5.91 Å². The molecule has 2 aromatic rings. The Morgan fingerprint density at radius 1 is 1.18 bits per heavy atom. The minimum atomic E-state index is -0.808. The first-order valence-corrected chi connectivity index (χ1v) is 9.35. The molecule has 154 valence electrons. The lowest BCUT2D eigenvalue weighted by molar-refractivity contribution is -0.141. The first kappa shape index (κ1) is 22.1. The van der Waals surface area contributed by atoms with Crippen LogP contribution in [0.25, 0.3) is 11.0 Å². The van der Waals surface area contributed by atoms with Gasteiger partial charge in [-0.2, -0.15) is 0 Å². The van der Waals surface area contributed by atoms with E-state index in [-0.39, 0.29) is 36.3 Å². The van der Waals surface area contributed by atoms with E-state index < -0.39 is 12.0 Å². The van der Waals surface area contributed by atoms with Crippen LogP contribution in [0.1, 0.15) is 49.9 Å². The number of benzene rings is 1. The van der Waals surface area contributed by atoms with Crippen molar-refractivity contribution in [2.75, 3.05) is 7.05 Å². The number of nitrogens with zero attached hydrogens (tertiary/aromatic N) is 3. The summed E-state index contributed by atoms with van der Waals surface area (Å²) in [7, 11) is 1.82. The number of hydrogen-bond donors (Lipinski definition) is 2. The molecule has 1 aromatic carbocycles. The number of fused-ring (bicyclic) bond motifs is 1. The Kier molecular flexibility index (Phi) is 7.37. The van der Waals surface area contributed by atoms with Gasteiger partial charge in [-0.1, -0.05) is 13.8 Å². The van der Waals surface area contributed by atoms with E-state index in [1.165, 1.54) is 0 Å². The van der Waals surface area contributed by atoms with E-state index in [1.54, 1.807) is 23.1 Å². The van der Waals surface area contributed by atoms with Crippen molar-refractivity contribution >= 4 is 35.3 Å². The molecule has 1 fully saturated rings. The summed E-state index contributed by atoms with van der Waals surface area (Å²) in [5, 5.41) is 20.1. The standard InChI is InChI=1S/C19H26N4O4.ClH/c1-11(2)17(19(25)26)20-13-5-7-14(8-6-13)23(3)18(24)12-4-9-15-16(10-12)22-27-21-15;/h4,9-11,13-14,17,20H,5-8H2,1-3H3,(H,25,26);1H/t13-,14-,17?;. The minimum absolute atomic E-state index is 0. The largest absolute Gasteiger partial charge is 0.480 e. The van der Waals surface area contributed by atoms with Gasteiger partial charge in [0.05, 0.1) is 0 Å². The SMILES string of the molecule is CC(C)C(N[C@H]1CC[C@H](N(C)C(=O)c2ccc3nonc3c2)CC1)C(=O)O.Cl. The summed E-state index contributed by atoms with van der Waals surface area (Å²) >= 11 is 0. The van der Waals surface area contributed by atoms with E-state index >= 15 is 0 Å². The molecule has 0 aliphatic heterocycles.